The summed E-state index contributed by atoms with van der Waals surface area (Å²) < 4.78 is 7.72. The second-order valence-electron chi connectivity index (χ2n) is 4.92. The number of likely N-dealkylation sites (tertiary alicyclic amines) is 1. The summed E-state index contributed by atoms with van der Waals surface area (Å²) in [6.45, 7) is 8.99. The van der Waals surface area contributed by atoms with Crippen LogP contribution in [-0.4, -0.2) is 40.9 Å². The molecule has 1 aliphatic heterocycles. The Morgan fingerprint density at radius 2 is 2.00 bits per heavy atom. The van der Waals surface area contributed by atoms with Gasteiger partial charge in [0.1, 0.15) is 12.3 Å². The molecule has 0 spiro atoms. The largest absolute Gasteiger partial charge is 0.475 e. The fourth-order valence-corrected chi connectivity index (χ4v) is 2.37. The number of hydrogen-bond acceptors (Lipinski definition) is 4. The van der Waals surface area contributed by atoms with Crippen LogP contribution in [0.3, 0.4) is 0 Å². The molecule has 0 amide bonds. The van der Waals surface area contributed by atoms with E-state index in [1.165, 1.54) is 25.9 Å². The number of aryl methyl sites for hydroxylation is 2. The van der Waals surface area contributed by atoms with Crippen LogP contribution in [0.1, 0.15) is 31.9 Å². The van der Waals surface area contributed by atoms with Gasteiger partial charge in [0, 0.05) is 13.1 Å². The van der Waals surface area contributed by atoms with E-state index in [4.69, 9.17) is 10.5 Å². The molecule has 5 heteroatoms. The van der Waals surface area contributed by atoms with Gasteiger partial charge in [0.05, 0.1) is 5.69 Å². The third-order valence-corrected chi connectivity index (χ3v) is 3.41. The molecule has 0 unspecified atom stereocenters. The predicted molar refractivity (Wildman–Crippen MR) is 72.8 cm³/mol. The Morgan fingerprint density at radius 3 is 2.67 bits per heavy atom. The zero-order valence-electron chi connectivity index (χ0n) is 11.5. The summed E-state index contributed by atoms with van der Waals surface area (Å²) in [5, 5.41) is 4.40. The molecule has 5 nitrogen and oxygen atoms in total. The highest BCUT2D eigenvalue weighted by molar-refractivity contribution is 5.52. The van der Waals surface area contributed by atoms with Gasteiger partial charge in [-0.2, -0.15) is 5.10 Å². The lowest BCUT2D eigenvalue weighted by molar-refractivity contribution is 0.223. The minimum atomic E-state index is 0.685. The Bertz CT molecular complexity index is 383. The lowest BCUT2D eigenvalue weighted by Gasteiger charge is -2.15. The Labute approximate surface area is 109 Å². The number of aromatic nitrogens is 2. The van der Waals surface area contributed by atoms with E-state index in [1.807, 2.05) is 11.6 Å². The van der Waals surface area contributed by atoms with E-state index in [2.05, 4.69) is 16.9 Å². The minimum absolute atomic E-state index is 0.685. The summed E-state index contributed by atoms with van der Waals surface area (Å²) in [7, 11) is 0. The first-order chi connectivity index (χ1) is 8.72. The number of nitrogens with two attached hydrogens (primary N) is 1. The maximum absolute atomic E-state index is 6.01. The van der Waals surface area contributed by atoms with Crippen LogP contribution in [-0.2, 0) is 6.54 Å². The molecule has 2 N–H and O–H groups in total. The Hall–Kier alpha value is -1.23. The molecule has 1 aromatic heterocycles. The molecule has 0 saturated carbocycles. The first-order valence-electron chi connectivity index (χ1n) is 6.90. The molecule has 1 fully saturated rings. The fraction of sp³-hybridized carbons (Fsp3) is 0.769. The molecule has 0 aliphatic carbocycles. The Morgan fingerprint density at radius 1 is 1.28 bits per heavy atom. The molecule has 18 heavy (non-hydrogen) atoms. The van der Waals surface area contributed by atoms with Crippen LogP contribution >= 0.6 is 0 Å². The number of ether oxygens (including phenoxy) is 1. The van der Waals surface area contributed by atoms with Crippen molar-refractivity contribution in [2.75, 3.05) is 32.0 Å². The second-order valence-corrected chi connectivity index (χ2v) is 4.92. The molecular formula is C13H24N4O. The van der Waals surface area contributed by atoms with Gasteiger partial charge in [-0.25, -0.2) is 4.68 Å². The van der Waals surface area contributed by atoms with Crippen molar-refractivity contribution < 1.29 is 4.74 Å². The summed E-state index contributed by atoms with van der Waals surface area (Å²) in [5.41, 5.74) is 7.55. The molecule has 0 atom stereocenters. The van der Waals surface area contributed by atoms with Gasteiger partial charge in [0.2, 0.25) is 5.88 Å². The lowest BCUT2D eigenvalue weighted by atomic mass is 10.4. The molecule has 1 aromatic rings. The molecule has 2 heterocycles. The van der Waals surface area contributed by atoms with Crippen LogP contribution in [0.15, 0.2) is 0 Å². The summed E-state index contributed by atoms with van der Waals surface area (Å²) in [6, 6.07) is 0. The zero-order valence-corrected chi connectivity index (χ0v) is 11.5. The third kappa shape index (κ3) is 2.96. The molecule has 2 rings (SSSR count). The van der Waals surface area contributed by atoms with Crippen molar-refractivity contribution in [2.24, 2.45) is 0 Å². The number of anilines is 1. The SMILES string of the molecule is CCCn1nc(C)c(N)c1OCCN1CCCC1. The molecular weight excluding hydrogens is 228 g/mol. The summed E-state index contributed by atoms with van der Waals surface area (Å²) in [6.07, 6.45) is 3.66. The van der Waals surface area contributed by atoms with Gasteiger partial charge in [-0.15, -0.1) is 0 Å². The normalized spacial score (nSPS) is 16.3. The van der Waals surface area contributed by atoms with Crippen molar-refractivity contribution in [3.63, 3.8) is 0 Å². The molecule has 0 radical (unpaired) electrons. The van der Waals surface area contributed by atoms with Crippen molar-refractivity contribution in [3.05, 3.63) is 5.69 Å². The first-order valence-corrected chi connectivity index (χ1v) is 6.90. The predicted octanol–water partition coefficient (Wildman–Crippen LogP) is 1.66. The van der Waals surface area contributed by atoms with Crippen LogP contribution in [0.5, 0.6) is 5.88 Å². The van der Waals surface area contributed by atoms with Gasteiger partial charge in [0.15, 0.2) is 0 Å². The van der Waals surface area contributed by atoms with Crippen LogP contribution in [0.4, 0.5) is 5.69 Å². The monoisotopic (exact) mass is 252 g/mol. The van der Waals surface area contributed by atoms with E-state index in [0.29, 0.717) is 12.3 Å². The average molecular weight is 252 g/mol. The molecule has 102 valence electrons. The highest BCUT2D eigenvalue weighted by Crippen LogP contribution is 2.25. The van der Waals surface area contributed by atoms with Crippen LogP contribution in [0.2, 0.25) is 0 Å². The average Bonchev–Trinajstić information content (AvgIpc) is 2.94. The van der Waals surface area contributed by atoms with Gasteiger partial charge in [0.25, 0.3) is 0 Å². The Kier molecular flexibility index (Phi) is 4.47. The van der Waals surface area contributed by atoms with Gasteiger partial charge < -0.3 is 10.5 Å². The van der Waals surface area contributed by atoms with Crippen molar-refractivity contribution in [1.29, 1.82) is 0 Å². The van der Waals surface area contributed by atoms with E-state index in [-0.39, 0.29) is 0 Å². The lowest BCUT2D eigenvalue weighted by Crippen LogP contribution is -2.25. The molecule has 1 saturated heterocycles. The highest BCUT2D eigenvalue weighted by atomic mass is 16.5. The number of hydrogen-bond donors (Lipinski definition) is 1. The minimum Gasteiger partial charge on any atom is -0.475 e. The maximum atomic E-state index is 6.01. The molecule has 0 bridgehead atoms. The molecule has 0 aromatic carbocycles. The highest BCUT2D eigenvalue weighted by Gasteiger charge is 2.15. The van der Waals surface area contributed by atoms with E-state index in [0.717, 1.165) is 31.1 Å². The van der Waals surface area contributed by atoms with Crippen molar-refractivity contribution in [3.8, 4) is 5.88 Å². The maximum Gasteiger partial charge on any atom is 0.236 e. The van der Waals surface area contributed by atoms with Crippen LogP contribution in [0, 0.1) is 6.92 Å². The van der Waals surface area contributed by atoms with E-state index in [1.54, 1.807) is 0 Å². The fourth-order valence-electron chi connectivity index (χ4n) is 2.37. The standard InChI is InChI=1S/C13H24N4O/c1-3-6-17-13(12(14)11(2)15-17)18-10-9-16-7-4-5-8-16/h3-10,14H2,1-2H3. The number of rotatable bonds is 6. The Balaban J connectivity index is 1.90. The second kappa shape index (κ2) is 6.09. The van der Waals surface area contributed by atoms with Crippen molar-refractivity contribution in [2.45, 2.75) is 39.7 Å². The van der Waals surface area contributed by atoms with Crippen molar-refractivity contribution in [1.82, 2.24) is 14.7 Å². The summed E-state index contributed by atoms with van der Waals surface area (Å²) in [5.74, 6) is 0.744. The summed E-state index contributed by atoms with van der Waals surface area (Å²) in [4.78, 5) is 2.43. The van der Waals surface area contributed by atoms with Gasteiger partial charge in [-0.1, -0.05) is 6.92 Å². The van der Waals surface area contributed by atoms with E-state index >= 15 is 0 Å². The summed E-state index contributed by atoms with van der Waals surface area (Å²) >= 11 is 0. The smallest absolute Gasteiger partial charge is 0.236 e. The van der Waals surface area contributed by atoms with Crippen LogP contribution < -0.4 is 10.5 Å². The van der Waals surface area contributed by atoms with E-state index in [9.17, 15) is 0 Å². The van der Waals surface area contributed by atoms with Gasteiger partial charge in [-0.05, 0) is 39.3 Å². The van der Waals surface area contributed by atoms with Crippen LogP contribution in [0.25, 0.3) is 0 Å². The topological polar surface area (TPSA) is 56.3 Å². The third-order valence-electron chi connectivity index (χ3n) is 3.41. The first kappa shape index (κ1) is 13.2. The van der Waals surface area contributed by atoms with Gasteiger partial charge >= 0.3 is 0 Å². The van der Waals surface area contributed by atoms with E-state index < -0.39 is 0 Å². The number of nitrogen functional groups attached to an aromatic ring is 1. The zero-order chi connectivity index (χ0) is 13.0. The number of nitrogens with zero attached hydrogens (tertiary/aromatic N) is 3. The molecule has 1 aliphatic rings. The van der Waals surface area contributed by atoms with Crippen molar-refractivity contribution >= 4 is 5.69 Å². The van der Waals surface area contributed by atoms with Gasteiger partial charge in [-0.3, -0.25) is 4.90 Å². The quantitative estimate of drug-likeness (QED) is 0.836.